The number of benzene rings is 1. The predicted molar refractivity (Wildman–Crippen MR) is 89.5 cm³/mol. The van der Waals surface area contributed by atoms with E-state index < -0.39 is 11.7 Å². The second-order valence-electron chi connectivity index (χ2n) is 6.23. The van der Waals surface area contributed by atoms with Gasteiger partial charge in [-0.05, 0) is 17.7 Å². The van der Waals surface area contributed by atoms with Crippen molar-refractivity contribution in [3.05, 3.63) is 47.7 Å². The number of ether oxygens (including phenoxy) is 1. The normalized spacial score (nSPS) is 24.1. The van der Waals surface area contributed by atoms with Crippen molar-refractivity contribution in [3.8, 4) is 6.07 Å². The number of nitrogens with one attached hydrogen (secondary N) is 1. The van der Waals surface area contributed by atoms with Crippen molar-refractivity contribution in [1.82, 2.24) is 5.32 Å². The van der Waals surface area contributed by atoms with E-state index in [1.807, 2.05) is 12.3 Å². The Morgan fingerprint density at radius 1 is 1.31 bits per heavy atom. The minimum Gasteiger partial charge on any atom is -0.376 e. The maximum absolute atomic E-state index is 12.6. The van der Waals surface area contributed by atoms with Crippen LogP contribution in [0.5, 0.6) is 0 Å². The SMILES string of the molecule is N#CC1=N/[N+](=C\C2CNC[C@H]2COCc2ccc(C(F)(F)F)cc2)C=C1. The Bertz CT molecular complexity index is 775. The molecule has 1 saturated heterocycles. The average molecular weight is 363 g/mol. The van der Waals surface area contributed by atoms with Crippen LogP contribution in [-0.4, -0.2) is 36.3 Å². The molecule has 1 aromatic rings. The van der Waals surface area contributed by atoms with E-state index in [0.29, 0.717) is 17.9 Å². The van der Waals surface area contributed by atoms with E-state index in [1.54, 1.807) is 17.0 Å². The first-order valence-corrected chi connectivity index (χ1v) is 8.20. The summed E-state index contributed by atoms with van der Waals surface area (Å²) < 4.78 is 45.0. The number of halogens is 3. The number of alkyl halides is 3. The van der Waals surface area contributed by atoms with Crippen LogP contribution < -0.4 is 5.32 Å². The number of allylic oxidation sites excluding steroid dienone is 1. The second-order valence-corrected chi connectivity index (χ2v) is 6.23. The van der Waals surface area contributed by atoms with Crippen molar-refractivity contribution in [3.63, 3.8) is 0 Å². The van der Waals surface area contributed by atoms with Crippen LogP contribution in [0.2, 0.25) is 0 Å². The number of hydrazone groups is 1. The molecule has 1 unspecified atom stereocenters. The molecule has 2 heterocycles. The monoisotopic (exact) mass is 363 g/mol. The quantitative estimate of drug-likeness (QED) is 0.818. The summed E-state index contributed by atoms with van der Waals surface area (Å²) in [7, 11) is 0. The van der Waals surface area contributed by atoms with E-state index in [1.165, 1.54) is 12.1 Å². The highest BCUT2D eigenvalue weighted by molar-refractivity contribution is 6.07. The lowest BCUT2D eigenvalue weighted by Gasteiger charge is -2.13. The maximum Gasteiger partial charge on any atom is 0.416 e. The fourth-order valence-electron chi connectivity index (χ4n) is 2.91. The van der Waals surface area contributed by atoms with Crippen LogP contribution in [0.3, 0.4) is 0 Å². The van der Waals surface area contributed by atoms with Gasteiger partial charge in [-0.3, -0.25) is 0 Å². The summed E-state index contributed by atoms with van der Waals surface area (Å²) >= 11 is 0. The van der Waals surface area contributed by atoms with Crippen molar-refractivity contribution in [2.75, 3.05) is 19.7 Å². The number of nitriles is 1. The van der Waals surface area contributed by atoms with Crippen molar-refractivity contribution in [1.29, 1.82) is 5.26 Å². The highest BCUT2D eigenvalue weighted by Gasteiger charge is 2.31. The minimum absolute atomic E-state index is 0.203. The Hall–Kier alpha value is -2.50. The smallest absolute Gasteiger partial charge is 0.376 e. The van der Waals surface area contributed by atoms with E-state index >= 15 is 0 Å². The number of nitrogens with zero attached hydrogens (tertiary/aromatic N) is 3. The van der Waals surface area contributed by atoms with Crippen LogP contribution in [-0.2, 0) is 17.5 Å². The molecule has 1 N–H and O–H groups in total. The molecule has 0 aliphatic carbocycles. The molecule has 2 atom stereocenters. The number of hydrogen-bond acceptors (Lipinski definition) is 4. The summed E-state index contributed by atoms with van der Waals surface area (Å²) in [6, 6.07) is 6.99. The third kappa shape index (κ3) is 4.56. The van der Waals surface area contributed by atoms with Gasteiger partial charge in [-0.2, -0.15) is 18.4 Å². The van der Waals surface area contributed by atoms with Gasteiger partial charge in [0.25, 0.3) is 0 Å². The molecule has 0 bridgehead atoms. The van der Waals surface area contributed by atoms with Crippen molar-refractivity contribution < 1.29 is 22.6 Å². The summed E-state index contributed by atoms with van der Waals surface area (Å²) in [5, 5.41) is 16.2. The zero-order valence-electron chi connectivity index (χ0n) is 13.9. The molecule has 5 nitrogen and oxygen atoms in total. The average Bonchev–Trinajstić information content (AvgIpc) is 3.24. The largest absolute Gasteiger partial charge is 0.416 e. The first-order valence-electron chi connectivity index (χ1n) is 8.20. The molecule has 2 aliphatic rings. The van der Waals surface area contributed by atoms with Gasteiger partial charge in [0.05, 0.1) is 24.7 Å². The molecule has 8 heteroatoms. The highest BCUT2D eigenvalue weighted by atomic mass is 19.4. The second kappa shape index (κ2) is 7.81. The van der Waals surface area contributed by atoms with Crippen LogP contribution in [0.1, 0.15) is 11.1 Å². The Balaban J connectivity index is 1.51. The standard InChI is InChI=1S/C18H18F3N4O/c19-18(20,21)16-3-1-13(2-4-16)11-26-12-15-9-23-8-14(15)10-25-6-5-17(7-22)24-25/h1-6,10,14-15,23H,8-9,11-12H2/q+1/b25-10-/t14?,15-/m0/s1. The van der Waals surface area contributed by atoms with Gasteiger partial charge in [0.2, 0.25) is 11.9 Å². The molecule has 136 valence electrons. The molecule has 3 rings (SSSR count). The highest BCUT2D eigenvalue weighted by Crippen LogP contribution is 2.29. The maximum atomic E-state index is 12.6. The van der Waals surface area contributed by atoms with Gasteiger partial charge in [0, 0.05) is 30.2 Å². The van der Waals surface area contributed by atoms with Crippen LogP contribution in [0.4, 0.5) is 13.2 Å². The van der Waals surface area contributed by atoms with E-state index in [-0.39, 0.29) is 18.4 Å². The molecule has 0 aromatic heterocycles. The summed E-state index contributed by atoms with van der Waals surface area (Å²) in [4.78, 5) is 0. The zero-order valence-corrected chi connectivity index (χ0v) is 13.9. The molecular formula is C18H18F3N4O+. The van der Waals surface area contributed by atoms with Gasteiger partial charge in [0.1, 0.15) is 6.07 Å². The molecule has 2 aliphatic heterocycles. The van der Waals surface area contributed by atoms with Crippen molar-refractivity contribution in [2.45, 2.75) is 12.8 Å². The Kier molecular flexibility index (Phi) is 5.49. The summed E-state index contributed by atoms with van der Waals surface area (Å²) in [6.07, 6.45) is 1.01. The van der Waals surface area contributed by atoms with Crippen LogP contribution in [0.25, 0.3) is 0 Å². The first-order chi connectivity index (χ1) is 12.5. The fourth-order valence-corrected chi connectivity index (χ4v) is 2.91. The lowest BCUT2D eigenvalue weighted by atomic mass is 9.98. The summed E-state index contributed by atoms with van der Waals surface area (Å²) in [5.41, 5.74) is 0.407. The first kappa shape index (κ1) is 18.3. The lowest BCUT2D eigenvalue weighted by Crippen LogP contribution is -2.22. The topological polar surface area (TPSA) is 60.4 Å². The Morgan fingerprint density at radius 2 is 2.08 bits per heavy atom. The van der Waals surface area contributed by atoms with E-state index in [2.05, 4.69) is 10.4 Å². The molecule has 0 spiro atoms. The van der Waals surface area contributed by atoms with Crippen molar-refractivity contribution in [2.24, 2.45) is 16.9 Å². The Labute approximate surface area is 149 Å². The van der Waals surface area contributed by atoms with Gasteiger partial charge >= 0.3 is 6.18 Å². The van der Waals surface area contributed by atoms with Gasteiger partial charge in [-0.15, -0.1) is 0 Å². The van der Waals surface area contributed by atoms with Crippen LogP contribution in [0.15, 0.2) is 41.6 Å². The number of rotatable bonds is 5. The molecule has 26 heavy (non-hydrogen) atoms. The van der Waals surface area contributed by atoms with Crippen molar-refractivity contribution >= 4 is 11.9 Å². The van der Waals surface area contributed by atoms with Crippen LogP contribution >= 0.6 is 0 Å². The summed E-state index contributed by atoms with van der Waals surface area (Å²) in [5.74, 6) is 0.438. The number of hydrogen-bond donors (Lipinski definition) is 1. The summed E-state index contributed by atoms with van der Waals surface area (Å²) in [6.45, 7) is 2.33. The minimum atomic E-state index is -4.32. The lowest BCUT2D eigenvalue weighted by molar-refractivity contribution is -0.455. The van der Waals surface area contributed by atoms with Crippen LogP contribution in [0, 0.1) is 23.2 Å². The predicted octanol–water partition coefficient (Wildman–Crippen LogP) is 2.55. The fraction of sp³-hybridized carbons (Fsp3) is 0.389. The van der Waals surface area contributed by atoms with E-state index in [4.69, 9.17) is 10.00 Å². The molecule has 1 fully saturated rings. The third-order valence-electron chi connectivity index (χ3n) is 4.34. The molecule has 0 radical (unpaired) electrons. The zero-order chi connectivity index (χ0) is 18.6. The third-order valence-corrected chi connectivity index (χ3v) is 4.34. The van der Waals surface area contributed by atoms with Gasteiger partial charge in [-0.25, -0.2) is 0 Å². The van der Waals surface area contributed by atoms with Gasteiger partial charge in [-0.1, -0.05) is 16.8 Å². The van der Waals surface area contributed by atoms with Gasteiger partial charge in [0.15, 0.2) is 6.21 Å². The van der Waals surface area contributed by atoms with E-state index in [0.717, 1.165) is 25.2 Å². The van der Waals surface area contributed by atoms with Gasteiger partial charge < -0.3 is 10.1 Å². The molecular weight excluding hydrogens is 345 g/mol. The Morgan fingerprint density at radius 3 is 2.73 bits per heavy atom. The molecule has 0 saturated carbocycles. The van der Waals surface area contributed by atoms with E-state index in [9.17, 15) is 13.2 Å². The molecule has 1 aromatic carbocycles. The molecule has 0 amide bonds.